The Morgan fingerprint density at radius 2 is 1.69 bits per heavy atom. The van der Waals surface area contributed by atoms with Crippen LogP contribution in [0.5, 0.6) is 0 Å². The van der Waals surface area contributed by atoms with Gasteiger partial charge in [0.1, 0.15) is 0 Å². The van der Waals surface area contributed by atoms with Crippen molar-refractivity contribution >= 4 is 17.7 Å². The van der Waals surface area contributed by atoms with Crippen molar-refractivity contribution in [2.75, 3.05) is 18.4 Å². The molecule has 4 rings (SSSR count). The highest BCUT2D eigenvalue weighted by Gasteiger charge is 2.40. The average molecular weight is 387 g/mol. The van der Waals surface area contributed by atoms with E-state index < -0.39 is 12.0 Å². The summed E-state index contributed by atoms with van der Waals surface area (Å²) in [4.78, 5) is 29.9. The Labute approximate surface area is 168 Å². The smallest absolute Gasteiger partial charge is 0.407 e. The molecule has 1 aromatic heterocycles. The molecule has 0 bridgehead atoms. The predicted molar refractivity (Wildman–Crippen MR) is 111 cm³/mol. The molecule has 1 aliphatic rings. The number of carbonyl (C=O) groups excluding carboxylic acids is 1. The van der Waals surface area contributed by atoms with Gasteiger partial charge in [-0.3, -0.25) is 9.78 Å². The molecule has 3 aromatic rings. The lowest BCUT2D eigenvalue weighted by atomic mass is 9.88. The molecule has 1 fully saturated rings. The topological polar surface area (TPSA) is 82.5 Å². The summed E-state index contributed by atoms with van der Waals surface area (Å²) in [6.45, 7) is 0.506. The molecule has 1 aliphatic heterocycles. The van der Waals surface area contributed by atoms with E-state index in [1.54, 1.807) is 12.4 Å². The first kappa shape index (κ1) is 18.7. The SMILES string of the molecule is O=C(Nc1ccc(-c2cccnc2)cc1)[C@H]1CN(C(=O)O)C[C@@H]1c1ccccc1. The zero-order chi connectivity index (χ0) is 20.2. The van der Waals surface area contributed by atoms with E-state index >= 15 is 0 Å². The van der Waals surface area contributed by atoms with Gasteiger partial charge in [0.05, 0.1) is 5.92 Å². The maximum atomic E-state index is 13.0. The molecule has 6 heteroatoms. The van der Waals surface area contributed by atoms with Crippen molar-refractivity contribution in [3.8, 4) is 11.1 Å². The van der Waals surface area contributed by atoms with Crippen molar-refractivity contribution in [1.29, 1.82) is 0 Å². The number of carbonyl (C=O) groups is 2. The van der Waals surface area contributed by atoms with Crippen molar-refractivity contribution in [2.45, 2.75) is 5.92 Å². The molecule has 29 heavy (non-hydrogen) atoms. The second kappa shape index (κ2) is 8.14. The van der Waals surface area contributed by atoms with Crippen molar-refractivity contribution in [1.82, 2.24) is 9.88 Å². The van der Waals surface area contributed by atoms with Gasteiger partial charge in [0, 0.05) is 37.1 Å². The van der Waals surface area contributed by atoms with Crippen LogP contribution in [0.1, 0.15) is 11.5 Å². The van der Waals surface area contributed by atoms with Gasteiger partial charge in [-0.2, -0.15) is 0 Å². The number of anilines is 1. The number of amides is 2. The van der Waals surface area contributed by atoms with Gasteiger partial charge in [0.2, 0.25) is 5.91 Å². The number of rotatable bonds is 4. The third-order valence-corrected chi connectivity index (χ3v) is 5.30. The second-order valence-electron chi connectivity index (χ2n) is 7.12. The zero-order valence-corrected chi connectivity index (χ0v) is 15.7. The largest absolute Gasteiger partial charge is 0.465 e. The molecule has 2 amide bonds. The predicted octanol–water partition coefficient (Wildman–Crippen LogP) is 4.08. The number of benzene rings is 2. The van der Waals surface area contributed by atoms with E-state index in [2.05, 4.69) is 10.3 Å². The molecule has 2 heterocycles. The van der Waals surface area contributed by atoms with E-state index in [0.717, 1.165) is 16.7 Å². The molecule has 2 aromatic carbocycles. The number of pyridine rings is 1. The molecule has 0 saturated carbocycles. The molecular formula is C23H21N3O3. The van der Waals surface area contributed by atoms with Gasteiger partial charge < -0.3 is 15.3 Å². The van der Waals surface area contributed by atoms with Crippen LogP contribution in [0.2, 0.25) is 0 Å². The quantitative estimate of drug-likeness (QED) is 0.707. The second-order valence-corrected chi connectivity index (χ2v) is 7.12. The third kappa shape index (κ3) is 4.11. The van der Waals surface area contributed by atoms with E-state index in [0.29, 0.717) is 12.2 Å². The maximum Gasteiger partial charge on any atom is 0.407 e. The highest BCUT2D eigenvalue weighted by atomic mass is 16.4. The zero-order valence-electron chi connectivity index (χ0n) is 15.7. The fourth-order valence-electron chi connectivity index (χ4n) is 3.78. The summed E-state index contributed by atoms with van der Waals surface area (Å²) in [6, 6.07) is 21.0. The normalized spacial score (nSPS) is 18.4. The molecule has 2 N–H and O–H groups in total. The van der Waals surface area contributed by atoms with Crippen LogP contribution in [0.3, 0.4) is 0 Å². The summed E-state index contributed by atoms with van der Waals surface area (Å²) >= 11 is 0. The minimum atomic E-state index is -0.998. The summed E-state index contributed by atoms with van der Waals surface area (Å²) in [6.07, 6.45) is 2.52. The molecule has 0 spiro atoms. The molecule has 0 aliphatic carbocycles. The first-order valence-corrected chi connectivity index (χ1v) is 9.46. The molecule has 0 radical (unpaired) electrons. The lowest BCUT2D eigenvalue weighted by molar-refractivity contribution is -0.119. The minimum absolute atomic E-state index is 0.165. The Kier molecular flexibility index (Phi) is 5.24. The van der Waals surface area contributed by atoms with Crippen molar-refractivity contribution in [3.63, 3.8) is 0 Å². The number of hydrogen-bond donors (Lipinski definition) is 2. The van der Waals surface area contributed by atoms with Crippen LogP contribution in [-0.2, 0) is 4.79 Å². The molecule has 0 unspecified atom stereocenters. The summed E-state index contributed by atoms with van der Waals surface area (Å²) in [7, 11) is 0. The van der Waals surface area contributed by atoms with E-state index in [9.17, 15) is 14.7 Å². The van der Waals surface area contributed by atoms with Gasteiger partial charge in [0.15, 0.2) is 0 Å². The Morgan fingerprint density at radius 1 is 0.931 bits per heavy atom. The Hall–Kier alpha value is -3.67. The van der Waals surface area contributed by atoms with E-state index in [1.807, 2.05) is 66.7 Å². The van der Waals surface area contributed by atoms with Gasteiger partial charge >= 0.3 is 6.09 Å². The van der Waals surface area contributed by atoms with Crippen LogP contribution in [0.25, 0.3) is 11.1 Å². The standard InChI is InChI=1S/C23H21N3O3/c27-22(25-19-10-8-16(9-11-19)18-7-4-12-24-13-18)21-15-26(23(28)29)14-20(21)17-5-2-1-3-6-17/h1-13,20-21H,14-15H2,(H,25,27)(H,28,29)/t20-,21+/m1/s1. The fraction of sp³-hybridized carbons (Fsp3) is 0.174. The van der Waals surface area contributed by atoms with Crippen LogP contribution in [0.15, 0.2) is 79.1 Å². The van der Waals surface area contributed by atoms with Crippen LogP contribution in [-0.4, -0.2) is 40.1 Å². The van der Waals surface area contributed by atoms with Gasteiger partial charge in [-0.15, -0.1) is 0 Å². The Bertz CT molecular complexity index is 991. The highest BCUT2D eigenvalue weighted by molar-refractivity contribution is 5.94. The van der Waals surface area contributed by atoms with Crippen LogP contribution in [0.4, 0.5) is 10.5 Å². The Morgan fingerprint density at radius 3 is 2.34 bits per heavy atom. The van der Waals surface area contributed by atoms with E-state index in [-0.39, 0.29) is 18.4 Å². The monoisotopic (exact) mass is 387 g/mol. The lowest BCUT2D eigenvalue weighted by Crippen LogP contribution is -2.30. The van der Waals surface area contributed by atoms with E-state index in [4.69, 9.17) is 0 Å². The number of likely N-dealkylation sites (tertiary alicyclic amines) is 1. The van der Waals surface area contributed by atoms with Crippen molar-refractivity contribution in [3.05, 3.63) is 84.7 Å². The third-order valence-electron chi connectivity index (χ3n) is 5.30. The fourth-order valence-corrected chi connectivity index (χ4v) is 3.78. The van der Waals surface area contributed by atoms with E-state index in [1.165, 1.54) is 4.90 Å². The number of nitrogens with one attached hydrogen (secondary N) is 1. The van der Waals surface area contributed by atoms with Crippen molar-refractivity contribution in [2.24, 2.45) is 5.92 Å². The molecule has 146 valence electrons. The van der Waals surface area contributed by atoms with Gasteiger partial charge in [0.25, 0.3) is 0 Å². The van der Waals surface area contributed by atoms with Gasteiger partial charge in [-0.1, -0.05) is 48.5 Å². The average Bonchev–Trinajstić information content (AvgIpc) is 3.22. The summed E-state index contributed by atoms with van der Waals surface area (Å²) in [5.74, 6) is -0.773. The maximum absolute atomic E-state index is 13.0. The summed E-state index contributed by atoms with van der Waals surface area (Å²) < 4.78 is 0. The molecule has 2 atom stereocenters. The van der Waals surface area contributed by atoms with Crippen LogP contribution >= 0.6 is 0 Å². The van der Waals surface area contributed by atoms with Crippen LogP contribution in [0, 0.1) is 5.92 Å². The number of carboxylic acid groups (broad SMARTS) is 1. The molecule has 1 saturated heterocycles. The number of hydrogen-bond acceptors (Lipinski definition) is 3. The first-order chi connectivity index (χ1) is 14.1. The number of aromatic nitrogens is 1. The molecule has 6 nitrogen and oxygen atoms in total. The van der Waals surface area contributed by atoms with Crippen LogP contribution < -0.4 is 5.32 Å². The summed E-state index contributed by atoms with van der Waals surface area (Å²) in [5.41, 5.74) is 3.67. The number of nitrogens with zero attached hydrogens (tertiary/aromatic N) is 2. The van der Waals surface area contributed by atoms with Gasteiger partial charge in [-0.05, 0) is 34.9 Å². The lowest BCUT2D eigenvalue weighted by Gasteiger charge is -2.18. The van der Waals surface area contributed by atoms with Gasteiger partial charge in [-0.25, -0.2) is 4.79 Å². The minimum Gasteiger partial charge on any atom is -0.465 e. The van der Waals surface area contributed by atoms with Crippen molar-refractivity contribution < 1.29 is 14.7 Å². The summed E-state index contributed by atoms with van der Waals surface area (Å²) in [5, 5.41) is 12.3. The molecular weight excluding hydrogens is 366 g/mol. The first-order valence-electron chi connectivity index (χ1n) is 9.46. The Balaban J connectivity index is 1.51. The highest BCUT2D eigenvalue weighted by Crippen LogP contribution is 2.33.